The fourth-order valence-corrected chi connectivity index (χ4v) is 0.356. The number of ether oxygens (including phenoxy) is 1. The van der Waals surface area contributed by atoms with Gasteiger partial charge >= 0.3 is 11.4 Å². The predicted molar refractivity (Wildman–Crippen MR) is 36.6 cm³/mol. The molecule has 0 aliphatic heterocycles. The van der Waals surface area contributed by atoms with E-state index in [9.17, 15) is 13.6 Å². The summed E-state index contributed by atoms with van der Waals surface area (Å²) in [5, 5.41) is -3.92. The lowest BCUT2D eigenvalue weighted by atomic mass is 10.5. The predicted octanol–water partition coefficient (Wildman–Crippen LogP) is 1.94. The van der Waals surface area contributed by atoms with E-state index in [-0.39, 0.29) is 6.61 Å². The number of allylic oxidation sites excluding steroid dienone is 1. The van der Waals surface area contributed by atoms with Crippen molar-refractivity contribution < 1.29 is 18.3 Å². The van der Waals surface area contributed by atoms with Crippen molar-refractivity contribution in [3.8, 4) is 0 Å². The molecule has 0 spiro atoms. The maximum Gasteiger partial charge on any atom is 0.417 e. The van der Waals surface area contributed by atoms with Crippen LogP contribution in [0.25, 0.3) is 0 Å². The molecule has 0 amide bonds. The summed E-state index contributed by atoms with van der Waals surface area (Å²) in [5.41, 5.74) is 0. The number of esters is 1. The van der Waals surface area contributed by atoms with Crippen LogP contribution < -0.4 is 0 Å². The van der Waals surface area contributed by atoms with E-state index in [0.29, 0.717) is 0 Å². The van der Waals surface area contributed by atoms with Crippen molar-refractivity contribution >= 4 is 17.6 Å². The number of halogens is 3. The fourth-order valence-electron chi connectivity index (χ4n) is 0.302. The standard InChI is InChI=1S/C6H7ClF2O2/c1-2-3-4-11-5(10)6(7,8)9/h2-3H,4H2,1H3/b3-2+. The summed E-state index contributed by atoms with van der Waals surface area (Å²) in [6.45, 7) is 1.49. The smallest absolute Gasteiger partial charge is 0.417 e. The third-order valence-corrected chi connectivity index (χ3v) is 0.932. The van der Waals surface area contributed by atoms with Crippen LogP contribution >= 0.6 is 11.6 Å². The molecule has 0 fully saturated rings. The Bertz CT molecular complexity index is 162. The number of carbonyl (C=O) groups excluding carboxylic acids is 1. The molecule has 64 valence electrons. The minimum absolute atomic E-state index is 0.183. The molecule has 0 radical (unpaired) electrons. The molecule has 0 saturated heterocycles. The molecule has 0 rings (SSSR count). The first-order valence-corrected chi connectivity index (χ1v) is 3.21. The average Bonchev–Trinajstić information content (AvgIpc) is 1.86. The molecule has 0 saturated carbocycles. The van der Waals surface area contributed by atoms with E-state index in [1.165, 1.54) is 6.08 Å². The Morgan fingerprint density at radius 1 is 1.73 bits per heavy atom. The molecule has 2 nitrogen and oxygen atoms in total. The molecule has 0 N–H and O–H groups in total. The van der Waals surface area contributed by atoms with E-state index < -0.39 is 11.4 Å². The van der Waals surface area contributed by atoms with E-state index in [0.717, 1.165) is 0 Å². The van der Waals surface area contributed by atoms with Gasteiger partial charge in [-0.3, -0.25) is 0 Å². The summed E-state index contributed by atoms with van der Waals surface area (Å²) in [6.07, 6.45) is 2.99. The first kappa shape index (κ1) is 10.4. The van der Waals surface area contributed by atoms with Gasteiger partial charge in [0, 0.05) is 0 Å². The van der Waals surface area contributed by atoms with Gasteiger partial charge in [0.1, 0.15) is 6.61 Å². The summed E-state index contributed by atoms with van der Waals surface area (Å²) in [4.78, 5) is 10.2. The number of alkyl halides is 3. The van der Waals surface area contributed by atoms with Gasteiger partial charge in [0.05, 0.1) is 0 Å². The van der Waals surface area contributed by atoms with Crippen molar-refractivity contribution in [2.45, 2.75) is 12.3 Å². The SMILES string of the molecule is C/C=C/COC(=O)C(F)(F)Cl. The van der Waals surface area contributed by atoms with E-state index >= 15 is 0 Å². The number of carbonyl (C=O) groups is 1. The van der Waals surface area contributed by atoms with Crippen LogP contribution in [-0.4, -0.2) is 18.0 Å². The largest absolute Gasteiger partial charge is 0.456 e. The zero-order chi connectivity index (χ0) is 8.91. The lowest BCUT2D eigenvalue weighted by Gasteiger charge is -2.05. The molecular weight excluding hydrogens is 178 g/mol. The van der Waals surface area contributed by atoms with Gasteiger partial charge in [-0.15, -0.1) is 0 Å². The second-order valence-electron chi connectivity index (χ2n) is 1.67. The minimum Gasteiger partial charge on any atom is -0.456 e. The van der Waals surface area contributed by atoms with Crippen molar-refractivity contribution in [1.82, 2.24) is 0 Å². The van der Waals surface area contributed by atoms with Gasteiger partial charge in [0.2, 0.25) is 0 Å². The van der Waals surface area contributed by atoms with Crippen LogP contribution in [0.4, 0.5) is 8.78 Å². The molecule has 0 aromatic carbocycles. The summed E-state index contributed by atoms with van der Waals surface area (Å²) < 4.78 is 27.7. The normalized spacial score (nSPS) is 12.0. The monoisotopic (exact) mass is 184 g/mol. The lowest BCUT2D eigenvalue weighted by molar-refractivity contribution is -0.159. The molecule has 11 heavy (non-hydrogen) atoms. The molecule has 0 aromatic heterocycles. The topological polar surface area (TPSA) is 26.3 Å². The van der Waals surface area contributed by atoms with Crippen LogP contribution in [0.5, 0.6) is 0 Å². The van der Waals surface area contributed by atoms with Crippen LogP contribution in [0.2, 0.25) is 0 Å². The van der Waals surface area contributed by atoms with Gasteiger partial charge < -0.3 is 4.74 Å². The average molecular weight is 185 g/mol. The van der Waals surface area contributed by atoms with Gasteiger partial charge in [-0.1, -0.05) is 12.2 Å². The van der Waals surface area contributed by atoms with Crippen molar-refractivity contribution in [1.29, 1.82) is 0 Å². The number of rotatable bonds is 3. The van der Waals surface area contributed by atoms with Crippen LogP contribution in [0.1, 0.15) is 6.92 Å². The number of hydrogen-bond acceptors (Lipinski definition) is 2. The molecule has 5 heteroatoms. The summed E-state index contributed by atoms with van der Waals surface area (Å²) in [5.74, 6) is -1.72. The van der Waals surface area contributed by atoms with Crippen molar-refractivity contribution in [2.24, 2.45) is 0 Å². The Balaban J connectivity index is 3.71. The molecule has 0 bridgehead atoms. The van der Waals surface area contributed by atoms with Gasteiger partial charge in [-0.25, -0.2) is 4.79 Å². The van der Waals surface area contributed by atoms with E-state index in [4.69, 9.17) is 0 Å². The van der Waals surface area contributed by atoms with Gasteiger partial charge in [-0.2, -0.15) is 8.78 Å². The fraction of sp³-hybridized carbons (Fsp3) is 0.500. The van der Waals surface area contributed by atoms with Gasteiger partial charge in [-0.05, 0) is 18.5 Å². The maximum atomic E-state index is 11.8. The Labute approximate surface area is 67.8 Å². The lowest BCUT2D eigenvalue weighted by Crippen LogP contribution is -2.24. The first-order valence-electron chi connectivity index (χ1n) is 2.83. The van der Waals surface area contributed by atoms with Crippen LogP contribution in [0.15, 0.2) is 12.2 Å². The zero-order valence-corrected chi connectivity index (χ0v) is 6.57. The molecule has 0 heterocycles. The second kappa shape index (κ2) is 4.28. The van der Waals surface area contributed by atoms with E-state index in [1.54, 1.807) is 13.0 Å². The zero-order valence-electron chi connectivity index (χ0n) is 5.81. The Morgan fingerprint density at radius 2 is 2.27 bits per heavy atom. The molecule has 0 aromatic rings. The second-order valence-corrected chi connectivity index (χ2v) is 2.14. The summed E-state index contributed by atoms with van der Waals surface area (Å²) in [6, 6.07) is 0. The maximum absolute atomic E-state index is 11.8. The Morgan fingerprint density at radius 3 is 2.64 bits per heavy atom. The van der Waals surface area contributed by atoms with Gasteiger partial charge in [0.25, 0.3) is 0 Å². The highest BCUT2D eigenvalue weighted by molar-refractivity contribution is 6.31. The third-order valence-electron chi connectivity index (χ3n) is 0.778. The Hall–Kier alpha value is -0.640. The number of hydrogen-bond donors (Lipinski definition) is 0. The van der Waals surface area contributed by atoms with E-state index in [1.807, 2.05) is 0 Å². The van der Waals surface area contributed by atoms with E-state index in [2.05, 4.69) is 16.3 Å². The first-order chi connectivity index (χ1) is 4.98. The highest BCUT2D eigenvalue weighted by Crippen LogP contribution is 2.19. The van der Waals surface area contributed by atoms with Crippen LogP contribution in [-0.2, 0) is 9.53 Å². The highest BCUT2D eigenvalue weighted by atomic mass is 35.5. The molecule has 0 aliphatic rings. The third kappa shape index (κ3) is 4.72. The quantitative estimate of drug-likeness (QED) is 0.381. The van der Waals surface area contributed by atoms with Crippen LogP contribution in [0.3, 0.4) is 0 Å². The van der Waals surface area contributed by atoms with Crippen molar-refractivity contribution in [3.05, 3.63) is 12.2 Å². The Kier molecular flexibility index (Phi) is 4.03. The molecular formula is C6H7ClF2O2. The van der Waals surface area contributed by atoms with Gasteiger partial charge in [0.15, 0.2) is 0 Å². The minimum atomic E-state index is -3.92. The summed E-state index contributed by atoms with van der Waals surface area (Å²) >= 11 is 4.33. The van der Waals surface area contributed by atoms with Crippen molar-refractivity contribution in [3.63, 3.8) is 0 Å². The summed E-state index contributed by atoms with van der Waals surface area (Å²) in [7, 11) is 0. The molecule has 0 unspecified atom stereocenters. The van der Waals surface area contributed by atoms with Crippen molar-refractivity contribution in [2.75, 3.05) is 6.61 Å². The van der Waals surface area contributed by atoms with Crippen LogP contribution in [0, 0.1) is 0 Å². The molecule has 0 aliphatic carbocycles. The molecule has 0 atom stereocenters. The highest BCUT2D eigenvalue weighted by Gasteiger charge is 2.37.